The van der Waals surface area contributed by atoms with E-state index in [0.717, 1.165) is 38.2 Å². The predicted octanol–water partition coefficient (Wildman–Crippen LogP) is 7.60. The number of hydrogen-bond acceptors (Lipinski definition) is 3. The van der Waals surface area contributed by atoms with Gasteiger partial charge in [-0.3, -0.25) is 14.2 Å². The van der Waals surface area contributed by atoms with E-state index in [1.165, 1.54) is 10.1 Å². The lowest BCUT2D eigenvalue weighted by atomic mass is 9.86. The maximum Gasteiger partial charge on any atom is 0.261 e. The van der Waals surface area contributed by atoms with Crippen LogP contribution in [0.2, 0.25) is 0 Å². The van der Waals surface area contributed by atoms with E-state index >= 15 is 0 Å². The Kier molecular flexibility index (Phi) is 5.31. The minimum atomic E-state index is -0.240. The molecule has 0 radical (unpaired) electrons. The van der Waals surface area contributed by atoms with E-state index < -0.39 is 0 Å². The van der Waals surface area contributed by atoms with Crippen LogP contribution in [-0.4, -0.2) is 9.90 Å². The first-order chi connectivity index (χ1) is 17.3. The van der Waals surface area contributed by atoms with Crippen molar-refractivity contribution in [3.05, 3.63) is 93.0 Å². The van der Waals surface area contributed by atoms with Crippen LogP contribution < -0.4 is 11.1 Å². The number of halogens is 1. The molecule has 0 saturated heterocycles. The molecule has 5 heteroatoms. The van der Waals surface area contributed by atoms with E-state index in [9.17, 15) is 9.59 Å². The number of hydrogen-bond donors (Lipinski definition) is 0. The third kappa shape index (κ3) is 3.48. The van der Waals surface area contributed by atoms with Gasteiger partial charge in [0.15, 0.2) is 0 Å². The first kappa shape index (κ1) is 23.0. The molecule has 0 spiro atoms. The van der Waals surface area contributed by atoms with Crippen LogP contribution >= 0.6 is 15.9 Å². The molecule has 36 heavy (non-hydrogen) atoms. The monoisotopic (exact) mass is 539 g/mol. The van der Waals surface area contributed by atoms with Gasteiger partial charge in [0.25, 0.3) is 11.1 Å². The zero-order valence-electron chi connectivity index (χ0n) is 20.5. The number of benzene rings is 4. The van der Waals surface area contributed by atoms with Crippen molar-refractivity contribution in [1.82, 2.24) is 4.57 Å². The summed E-state index contributed by atoms with van der Waals surface area (Å²) in [7, 11) is 0. The SMILES string of the molecule is CC(C)(C)c1ccc(-c2ccc3oc4ccc5c(=O)n(CCCBr)c(=O)c6ccc(c3c2)c4c56)cc1. The standard InChI is InChI=1S/C31H26BrNO3/c1-31(2,3)20-8-5-18(6-9-20)19-7-13-25-24(17-19)21-10-11-22-27-23(12-14-26(36-25)28(21)27)30(35)33(29(22)34)16-4-15-32/h5-14,17H,4,15-16H2,1-3H3. The van der Waals surface area contributed by atoms with Gasteiger partial charge in [-0.25, -0.2) is 0 Å². The average Bonchev–Trinajstić information content (AvgIpc) is 2.87. The summed E-state index contributed by atoms with van der Waals surface area (Å²) < 4.78 is 7.66. The van der Waals surface area contributed by atoms with Gasteiger partial charge in [-0.15, -0.1) is 0 Å². The Labute approximate surface area is 216 Å². The van der Waals surface area contributed by atoms with E-state index in [1.54, 1.807) is 6.07 Å². The summed E-state index contributed by atoms with van der Waals surface area (Å²) in [6, 6.07) is 22.4. The van der Waals surface area contributed by atoms with Crippen molar-refractivity contribution >= 4 is 59.4 Å². The maximum absolute atomic E-state index is 13.3. The number of fused-ring (bicyclic) bond motifs is 2. The van der Waals surface area contributed by atoms with Crippen LogP contribution in [0.5, 0.6) is 0 Å². The molecule has 0 fully saturated rings. The fourth-order valence-electron chi connectivity index (χ4n) is 5.22. The fourth-order valence-corrected chi connectivity index (χ4v) is 5.47. The molecule has 2 heterocycles. The molecule has 2 aromatic heterocycles. The van der Waals surface area contributed by atoms with Crippen molar-refractivity contribution in [2.45, 2.75) is 39.2 Å². The summed E-state index contributed by atoms with van der Waals surface area (Å²) >= 11 is 3.40. The van der Waals surface area contributed by atoms with Gasteiger partial charge in [-0.1, -0.05) is 73.1 Å². The van der Waals surface area contributed by atoms with Crippen LogP contribution in [0.4, 0.5) is 0 Å². The van der Waals surface area contributed by atoms with Crippen molar-refractivity contribution in [2.75, 3.05) is 5.33 Å². The van der Waals surface area contributed by atoms with Gasteiger partial charge in [0, 0.05) is 38.8 Å². The second-order valence-corrected chi connectivity index (χ2v) is 11.3. The van der Waals surface area contributed by atoms with E-state index in [2.05, 4.69) is 73.1 Å². The highest BCUT2D eigenvalue weighted by Crippen LogP contribution is 2.38. The number of pyridine rings is 1. The highest BCUT2D eigenvalue weighted by Gasteiger charge is 2.19. The van der Waals surface area contributed by atoms with E-state index in [4.69, 9.17) is 4.42 Å². The van der Waals surface area contributed by atoms with Gasteiger partial charge in [0.2, 0.25) is 0 Å². The smallest absolute Gasteiger partial charge is 0.261 e. The van der Waals surface area contributed by atoms with Gasteiger partial charge in [0.05, 0.1) is 0 Å². The highest BCUT2D eigenvalue weighted by molar-refractivity contribution is 9.09. The van der Waals surface area contributed by atoms with Crippen LogP contribution in [0.25, 0.3) is 54.6 Å². The minimum absolute atomic E-state index is 0.0978. The van der Waals surface area contributed by atoms with Gasteiger partial charge in [0.1, 0.15) is 11.2 Å². The molecule has 6 aromatic rings. The van der Waals surface area contributed by atoms with Gasteiger partial charge in [-0.05, 0) is 64.2 Å². The molecule has 0 unspecified atom stereocenters. The molecule has 0 aliphatic heterocycles. The third-order valence-electron chi connectivity index (χ3n) is 7.16. The van der Waals surface area contributed by atoms with E-state index in [0.29, 0.717) is 34.7 Å². The maximum atomic E-state index is 13.3. The molecule has 0 amide bonds. The molecule has 0 atom stereocenters. The second-order valence-electron chi connectivity index (χ2n) is 10.5. The Morgan fingerprint density at radius 1 is 0.722 bits per heavy atom. The molecule has 0 bridgehead atoms. The first-order valence-electron chi connectivity index (χ1n) is 12.2. The molecule has 4 aromatic carbocycles. The van der Waals surface area contributed by atoms with E-state index in [-0.39, 0.29) is 16.5 Å². The molecule has 180 valence electrons. The summed E-state index contributed by atoms with van der Waals surface area (Å²) in [6.45, 7) is 7.03. The fraction of sp³-hybridized carbons (Fsp3) is 0.226. The van der Waals surface area contributed by atoms with Crippen molar-refractivity contribution in [1.29, 1.82) is 0 Å². The molecule has 0 aliphatic rings. The van der Waals surface area contributed by atoms with E-state index in [1.807, 2.05) is 24.3 Å². The quantitative estimate of drug-likeness (QED) is 0.131. The van der Waals surface area contributed by atoms with Crippen molar-refractivity contribution < 1.29 is 4.42 Å². The largest absolute Gasteiger partial charge is 0.456 e. The van der Waals surface area contributed by atoms with Crippen LogP contribution in [0.1, 0.15) is 32.8 Å². The van der Waals surface area contributed by atoms with Crippen molar-refractivity contribution in [2.24, 2.45) is 0 Å². The third-order valence-corrected chi connectivity index (χ3v) is 7.72. The Morgan fingerprint density at radius 3 is 2.00 bits per heavy atom. The van der Waals surface area contributed by atoms with Crippen LogP contribution in [0, 0.1) is 0 Å². The molecule has 0 N–H and O–H groups in total. The average molecular weight is 540 g/mol. The topological polar surface area (TPSA) is 52.2 Å². The molecule has 0 saturated carbocycles. The lowest BCUT2D eigenvalue weighted by Crippen LogP contribution is -2.33. The van der Waals surface area contributed by atoms with Gasteiger partial charge < -0.3 is 4.42 Å². The normalized spacial score (nSPS) is 12.4. The number of nitrogens with zero attached hydrogens (tertiary/aromatic N) is 1. The Bertz CT molecular complexity index is 1860. The summed E-state index contributed by atoms with van der Waals surface area (Å²) in [6.07, 6.45) is 0.710. The van der Waals surface area contributed by atoms with Gasteiger partial charge in [-0.2, -0.15) is 0 Å². The Hall–Kier alpha value is -3.44. The summed E-state index contributed by atoms with van der Waals surface area (Å²) in [5, 5.41) is 5.32. The summed E-state index contributed by atoms with van der Waals surface area (Å²) in [5.41, 5.74) is 4.58. The molecular weight excluding hydrogens is 514 g/mol. The Balaban J connectivity index is 1.62. The van der Waals surface area contributed by atoms with Crippen LogP contribution in [0.15, 0.2) is 80.7 Å². The molecular formula is C31H26BrNO3. The zero-order chi connectivity index (χ0) is 25.2. The summed E-state index contributed by atoms with van der Waals surface area (Å²) in [5.74, 6) is 0. The zero-order valence-corrected chi connectivity index (χ0v) is 22.1. The first-order valence-corrected chi connectivity index (χ1v) is 13.3. The molecule has 0 aliphatic carbocycles. The molecule has 6 rings (SSSR count). The lowest BCUT2D eigenvalue weighted by molar-refractivity contribution is 0.590. The minimum Gasteiger partial charge on any atom is -0.456 e. The highest BCUT2D eigenvalue weighted by atomic mass is 79.9. The van der Waals surface area contributed by atoms with Crippen molar-refractivity contribution in [3.63, 3.8) is 0 Å². The lowest BCUT2D eigenvalue weighted by Gasteiger charge is -2.19. The predicted molar refractivity (Wildman–Crippen MR) is 153 cm³/mol. The number of aromatic nitrogens is 1. The van der Waals surface area contributed by atoms with Crippen LogP contribution in [0.3, 0.4) is 0 Å². The Morgan fingerprint density at radius 2 is 1.33 bits per heavy atom. The molecule has 4 nitrogen and oxygen atoms in total. The van der Waals surface area contributed by atoms with Crippen LogP contribution in [-0.2, 0) is 12.0 Å². The second kappa shape index (κ2) is 8.31. The number of alkyl halides is 1. The van der Waals surface area contributed by atoms with Gasteiger partial charge >= 0.3 is 0 Å². The summed E-state index contributed by atoms with van der Waals surface area (Å²) in [4.78, 5) is 26.6. The number of rotatable bonds is 4. The van der Waals surface area contributed by atoms with Crippen molar-refractivity contribution in [3.8, 4) is 11.1 Å².